The zero-order chi connectivity index (χ0) is 14.5. The van der Waals surface area contributed by atoms with Gasteiger partial charge in [0.2, 0.25) is 0 Å². The van der Waals surface area contributed by atoms with E-state index in [4.69, 9.17) is 11.6 Å². The van der Waals surface area contributed by atoms with Gasteiger partial charge in [0.15, 0.2) is 0 Å². The fourth-order valence-corrected chi connectivity index (χ4v) is 2.90. The van der Waals surface area contributed by atoms with E-state index < -0.39 is 0 Å². The van der Waals surface area contributed by atoms with E-state index in [9.17, 15) is 4.39 Å². The highest BCUT2D eigenvalue weighted by atomic mass is 79.9. The number of aryl methyl sites for hydroxylation is 1. The minimum atomic E-state index is -0.177. The summed E-state index contributed by atoms with van der Waals surface area (Å²) in [6.45, 7) is 2.08. The molecule has 3 heteroatoms. The van der Waals surface area contributed by atoms with Crippen LogP contribution < -0.4 is 0 Å². The fourth-order valence-electron chi connectivity index (χ4n) is 2.25. The first-order valence-electron chi connectivity index (χ1n) is 6.64. The molecule has 0 spiro atoms. The first-order valence-corrected chi connectivity index (χ1v) is 8.14. The van der Waals surface area contributed by atoms with Crippen molar-refractivity contribution in [2.24, 2.45) is 5.92 Å². The van der Waals surface area contributed by atoms with Gasteiger partial charge in [-0.1, -0.05) is 57.4 Å². The van der Waals surface area contributed by atoms with Gasteiger partial charge in [-0.15, -0.1) is 0 Å². The summed E-state index contributed by atoms with van der Waals surface area (Å²) in [5, 5.41) is 1.43. The SMILES string of the molecule is Cc1ccc(CC(CBr)Cc2cc(Cl)ccc2F)cc1. The molecular formula is C17H17BrClF. The van der Waals surface area contributed by atoms with Crippen LogP contribution >= 0.6 is 27.5 Å². The molecule has 2 aromatic carbocycles. The van der Waals surface area contributed by atoms with Crippen LogP contribution in [0.15, 0.2) is 42.5 Å². The second-order valence-electron chi connectivity index (χ2n) is 5.15. The molecule has 0 amide bonds. The summed E-state index contributed by atoms with van der Waals surface area (Å²) in [7, 11) is 0. The molecule has 0 nitrogen and oxygen atoms in total. The third-order valence-electron chi connectivity index (χ3n) is 3.38. The Labute approximate surface area is 133 Å². The number of alkyl halides is 1. The maximum Gasteiger partial charge on any atom is 0.126 e. The topological polar surface area (TPSA) is 0 Å². The number of hydrogen-bond donors (Lipinski definition) is 0. The van der Waals surface area contributed by atoms with Crippen molar-refractivity contribution in [1.29, 1.82) is 0 Å². The van der Waals surface area contributed by atoms with Crippen LogP contribution in [-0.4, -0.2) is 5.33 Å². The van der Waals surface area contributed by atoms with Crippen molar-refractivity contribution < 1.29 is 4.39 Å². The van der Waals surface area contributed by atoms with Crippen molar-refractivity contribution >= 4 is 27.5 Å². The van der Waals surface area contributed by atoms with Crippen molar-refractivity contribution in [1.82, 2.24) is 0 Å². The minimum Gasteiger partial charge on any atom is -0.207 e. The molecule has 2 rings (SSSR count). The highest BCUT2D eigenvalue weighted by molar-refractivity contribution is 9.09. The van der Waals surface area contributed by atoms with Gasteiger partial charge in [-0.05, 0) is 55.0 Å². The van der Waals surface area contributed by atoms with E-state index in [1.807, 2.05) is 0 Å². The lowest BCUT2D eigenvalue weighted by atomic mass is 9.93. The molecule has 2 aromatic rings. The lowest BCUT2D eigenvalue weighted by Crippen LogP contribution is -2.11. The number of benzene rings is 2. The molecule has 0 aliphatic rings. The molecule has 20 heavy (non-hydrogen) atoms. The zero-order valence-corrected chi connectivity index (χ0v) is 13.7. The lowest BCUT2D eigenvalue weighted by Gasteiger charge is -2.15. The fraction of sp³-hybridized carbons (Fsp3) is 0.294. The van der Waals surface area contributed by atoms with Gasteiger partial charge in [0, 0.05) is 10.4 Å². The van der Waals surface area contributed by atoms with E-state index in [1.165, 1.54) is 17.2 Å². The van der Waals surface area contributed by atoms with Crippen LogP contribution in [0.1, 0.15) is 16.7 Å². The molecule has 0 saturated carbocycles. The van der Waals surface area contributed by atoms with Gasteiger partial charge in [0.25, 0.3) is 0 Å². The molecule has 0 aromatic heterocycles. The molecule has 0 aliphatic heterocycles. The molecule has 0 radical (unpaired) electrons. The first kappa shape index (κ1) is 15.5. The maximum absolute atomic E-state index is 13.8. The molecule has 0 heterocycles. The quantitative estimate of drug-likeness (QED) is 0.614. The van der Waals surface area contributed by atoms with E-state index in [0.717, 1.165) is 11.8 Å². The van der Waals surface area contributed by atoms with Crippen molar-refractivity contribution in [3.8, 4) is 0 Å². The number of halogens is 3. The standard InChI is InChI=1S/C17H17BrClF/c1-12-2-4-13(5-3-12)8-14(11-18)9-15-10-16(19)6-7-17(15)20/h2-7,10,14H,8-9,11H2,1H3. The van der Waals surface area contributed by atoms with E-state index in [2.05, 4.69) is 47.1 Å². The summed E-state index contributed by atoms with van der Waals surface area (Å²) in [6.07, 6.45) is 1.61. The van der Waals surface area contributed by atoms with Crippen LogP contribution in [0.3, 0.4) is 0 Å². The molecule has 1 unspecified atom stereocenters. The molecule has 0 aliphatic carbocycles. The summed E-state index contributed by atoms with van der Waals surface area (Å²) in [4.78, 5) is 0. The Bertz CT molecular complexity index is 566. The Morgan fingerprint density at radius 1 is 1.10 bits per heavy atom. The average molecular weight is 356 g/mol. The van der Waals surface area contributed by atoms with Crippen LogP contribution in [-0.2, 0) is 12.8 Å². The van der Waals surface area contributed by atoms with Crippen LogP contribution in [0.5, 0.6) is 0 Å². The van der Waals surface area contributed by atoms with Crippen molar-refractivity contribution in [3.63, 3.8) is 0 Å². The Morgan fingerprint density at radius 3 is 2.45 bits per heavy atom. The summed E-state index contributed by atoms with van der Waals surface area (Å²) in [6, 6.07) is 13.2. The molecule has 0 bridgehead atoms. The second kappa shape index (κ2) is 7.24. The highest BCUT2D eigenvalue weighted by Gasteiger charge is 2.13. The monoisotopic (exact) mass is 354 g/mol. The highest BCUT2D eigenvalue weighted by Crippen LogP contribution is 2.22. The van der Waals surface area contributed by atoms with Gasteiger partial charge < -0.3 is 0 Å². The van der Waals surface area contributed by atoms with E-state index in [-0.39, 0.29) is 5.82 Å². The van der Waals surface area contributed by atoms with Crippen LogP contribution in [0.2, 0.25) is 5.02 Å². The first-order chi connectivity index (χ1) is 9.58. The minimum absolute atomic E-state index is 0.177. The molecule has 0 fully saturated rings. The van der Waals surface area contributed by atoms with Gasteiger partial charge in [-0.25, -0.2) is 4.39 Å². The van der Waals surface area contributed by atoms with Crippen LogP contribution in [0, 0.1) is 18.7 Å². The number of rotatable bonds is 5. The van der Waals surface area contributed by atoms with Gasteiger partial charge in [0.1, 0.15) is 5.82 Å². The van der Waals surface area contributed by atoms with Crippen molar-refractivity contribution in [2.75, 3.05) is 5.33 Å². The second-order valence-corrected chi connectivity index (χ2v) is 6.23. The van der Waals surface area contributed by atoms with Gasteiger partial charge >= 0.3 is 0 Å². The van der Waals surface area contributed by atoms with Crippen molar-refractivity contribution in [3.05, 3.63) is 70.0 Å². The lowest BCUT2D eigenvalue weighted by molar-refractivity contribution is 0.550. The van der Waals surface area contributed by atoms with Gasteiger partial charge in [0.05, 0.1) is 0 Å². The Hall–Kier alpha value is -0.860. The van der Waals surface area contributed by atoms with E-state index in [0.29, 0.717) is 22.9 Å². The zero-order valence-electron chi connectivity index (χ0n) is 11.4. The van der Waals surface area contributed by atoms with E-state index in [1.54, 1.807) is 12.1 Å². The largest absolute Gasteiger partial charge is 0.207 e. The Morgan fingerprint density at radius 2 is 1.80 bits per heavy atom. The third-order valence-corrected chi connectivity index (χ3v) is 4.53. The van der Waals surface area contributed by atoms with Crippen LogP contribution in [0.25, 0.3) is 0 Å². The molecule has 0 N–H and O–H groups in total. The van der Waals surface area contributed by atoms with Crippen LogP contribution in [0.4, 0.5) is 4.39 Å². The van der Waals surface area contributed by atoms with Crippen molar-refractivity contribution in [2.45, 2.75) is 19.8 Å². The molecule has 0 saturated heterocycles. The molecular weight excluding hydrogens is 339 g/mol. The predicted octanol–water partition coefficient (Wildman–Crippen LogP) is 5.58. The molecule has 106 valence electrons. The average Bonchev–Trinajstić information content (AvgIpc) is 2.44. The van der Waals surface area contributed by atoms with Gasteiger partial charge in [-0.3, -0.25) is 0 Å². The predicted molar refractivity (Wildman–Crippen MR) is 87.3 cm³/mol. The molecule has 1 atom stereocenters. The van der Waals surface area contributed by atoms with E-state index >= 15 is 0 Å². The number of hydrogen-bond acceptors (Lipinski definition) is 0. The Balaban J connectivity index is 2.08. The third kappa shape index (κ3) is 4.32. The Kier molecular flexibility index (Phi) is 5.62. The summed E-state index contributed by atoms with van der Waals surface area (Å²) in [5.41, 5.74) is 3.22. The summed E-state index contributed by atoms with van der Waals surface area (Å²) < 4.78 is 13.8. The normalized spacial score (nSPS) is 12.4. The maximum atomic E-state index is 13.8. The summed E-state index contributed by atoms with van der Waals surface area (Å²) >= 11 is 9.48. The van der Waals surface area contributed by atoms with Gasteiger partial charge in [-0.2, -0.15) is 0 Å². The summed E-state index contributed by atoms with van der Waals surface area (Å²) in [5.74, 6) is 0.176. The smallest absolute Gasteiger partial charge is 0.126 e.